The van der Waals surface area contributed by atoms with E-state index in [4.69, 9.17) is 9.84 Å². The highest BCUT2D eigenvalue weighted by Crippen LogP contribution is 2.17. The molecule has 1 heterocycles. The fourth-order valence-corrected chi connectivity index (χ4v) is 2.67. The van der Waals surface area contributed by atoms with Gasteiger partial charge < -0.3 is 15.2 Å². The summed E-state index contributed by atoms with van der Waals surface area (Å²) < 4.78 is 5.59. The number of nitrogens with one attached hydrogen (secondary N) is 1. The Balaban J connectivity index is 2.35. The van der Waals surface area contributed by atoms with Crippen LogP contribution >= 0.6 is 11.3 Å². The van der Waals surface area contributed by atoms with E-state index in [1.54, 1.807) is 11.3 Å². The first-order chi connectivity index (χ1) is 8.43. The van der Waals surface area contributed by atoms with Gasteiger partial charge in [0.15, 0.2) is 0 Å². The monoisotopic (exact) mass is 271 g/mol. The predicted molar refractivity (Wildman–Crippen MR) is 73.1 cm³/mol. The maximum atomic E-state index is 10.6. The zero-order valence-corrected chi connectivity index (χ0v) is 12.0. The smallest absolute Gasteiger partial charge is 0.308 e. The number of carbonyl (C=O) groups is 1. The molecule has 18 heavy (non-hydrogen) atoms. The highest BCUT2D eigenvalue weighted by atomic mass is 32.1. The van der Waals surface area contributed by atoms with Gasteiger partial charge in [0.1, 0.15) is 0 Å². The van der Waals surface area contributed by atoms with Crippen LogP contribution in [0, 0.1) is 0 Å². The van der Waals surface area contributed by atoms with Crippen molar-refractivity contribution in [1.82, 2.24) is 5.32 Å². The van der Waals surface area contributed by atoms with E-state index in [1.165, 1.54) is 0 Å². The van der Waals surface area contributed by atoms with Crippen molar-refractivity contribution in [3.63, 3.8) is 0 Å². The van der Waals surface area contributed by atoms with Crippen LogP contribution in [0.3, 0.4) is 0 Å². The standard InChI is InChI=1S/C13H21NO3S/c1-4-17-13(2,3)9-14-8-11-6-5-10(18-11)7-12(15)16/h5-6,14H,4,7-9H2,1-3H3,(H,15,16). The maximum Gasteiger partial charge on any atom is 0.308 e. The largest absolute Gasteiger partial charge is 0.481 e. The highest BCUT2D eigenvalue weighted by Gasteiger charge is 2.16. The molecule has 102 valence electrons. The fraction of sp³-hybridized carbons (Fsp3) is 0.615. The van der Waals surface area contributed by atoms with Crippen molar-refractivity contribution in [3.05, 3.63) is 21.9 Å². The van der Waals surface area contributed by atoms with E-state index >= 15 is 0 Å². The van der Waals surface area contributed by atoms with E-state index in [0.717, 1.165) is 22.8 Å². The molecule has 0 radical (unpaired) electrons. The van der Waals surface area contributed by atoms with Gasteiger partial charge in [-0.2, -0.15) is 0 Å². The second kappa shape index (κ2) is 6.87. The lowest BCUT2D eigenvalue weighted by Crippen LogP contribution is -2.37. The normalized spacial score (nSPS) is 11.7. The minimum Gasteiger partial charge on any atom is -0.481 e. The number of carboxylic acid groups (broad SMARTS) is 1. The Morgan fingerprint density at radius 3 is 2.72 bits per heavy atom. The van der Waals surface area contributed by atoms with Crippen LogP contribution in [-0.2, 0) is 22.5 Å². The minimum absolute atomic E-state index is 0.106. The van der Waals surface area contributed by atoms with Crippen molar-refractivity contribution in [2.75, 3.05) is 13.2 Å². The van der Waals surface area contributed by atoms with Gasteiger partial charge in [-0.3, -0.25) is 4.79 Å². The SMILES string of the molecule is CCOC(C)(C)CNCc1ccc(CC(=O)O)s1. The number of hydrogen-bond donors (Lipinski definition) is 2. The van der Waals surface area contributed by atoms with E-state index in [2.05, 4.69) is 5.32 Å². The summed E-state index contributed by atoms with van der Waals surface area (Å²) in [5, 5.41) is 12.0. The molecule has 0 saturated carbocycles. The lowest BCUT2D eigenvalue weighted by molar-refractivity contribution is -0.136. The quantitative estimate of drug-likeness (QED) is 0.761. The van der Waals surface area contributed by atoms with Crippen molar-refractivity contribution in [2.45, 2.75) is 39.3 Å². The topological polar surface area (TPSA) is 58.6 Å². The summed E-state index contributed by atoms with van der Waals surface area (Å²) in [6.45, 7) is 8.31. The van der Waals surface area contributed by atoms with Crippen LogP contribution in [-0.4, -0.2) is 29.8 Å². The molecule has 4 nitrogen and oxygen atoms in total. The van der Waals surface area contributed by atoms with Crippen LogP contribution < -0.4 is 5.32 Å². The zero-order valence-electron chi connectivity index (χ0n) is 11.2. The predicted octanol–water partition coefficient (Wildman–Crippen LogP) is 2.28. The van der Waals surface area contributed by atoms with Crippen molar-refractivity contribution < 1.29 is 14.6 Å². The van der Waals surface area contributed by atoms with Gasteiger partial charge in [-0.15, -0.1) is 11.3 Å². The molecular formula is C13H21NO3S. The van der Waals surface area contributed by atoms with Crippen molar-refractivity contribution in [1.29, 1.82) is 0 Å². The Bertz CT molecular complexity index is 387. The van der Waals surface area contributed by atoms with E-state index in [-0.39, 0.29) is 12.0 Å². The molecule has 0 bridgehead atoms. The Kier molecular flexibility index (Phi) is 5.78. The summed E-state index contributed by atoms with van der Waals surface area (Å²) in [6.07, 6.45) is 0.106. The lowest BCUT2D eigenvalue weighted by atomic mass is 10.1. The molecule has 0 aliphatic carbocycles. The van der Waals surface area contributed by atoms with Crippen molar-refractivity contribution in [3.8, 4) is 0 Å². The Morgan fingerprint density at radius 2 is 2.11 bits per heavy atom. The number of ether oxygens (including phenoxy) is 1. The second-order valence-corrected chi connectivity index (χ2v) is 5.99. The molecule has 1 rings (SSSR count). The Morgan fingerprint density at radius 1 is 1.44 bits per heavy atom. The zero-order chi connectivity index (χ0) is 13.6. The highest BCUT2D eigenvalue weighted by molar-refractivity contribution is 7.12. The molecule has 5 heteroatoms. The van der Waals surface area contributed by atoms with Crippen molar-refractivity contribution >= 4 is 17.3 Å². The summed E-state index contributed by atoms with van der Waals surface area (Å²) in [6, 6.07) is 3.85. The summed E-state index contributed by atoms with van der Waals surface area (Å²) in [5.74, 6) is -0.783. The molecule has 0 spiro atoms. The van der Waals surface area contributed by atoms with Crippen LogP contribution in [0.15, 0.2) is 12.1 Å². The summed E-state index contributed by atoms with van der Waals surface area (Å²) in [7, 11) is 0. The first kappa shape index (κ1) is 15.1. The molecule has 0 aliphatic rings. The third-order valence-electron chi connectivity index (χ3n) is 2.43. The molecule has 0 saturated heterocycles. The molecule has 0 aliphatic heterocycles. The van der Waals surface area contributed by atoms with E-state index in [9.17, 15) is 4.79 Å². The van der Waals surface area contributed by atoms with Gasteiger partial charge >= 0.3 is 5.97 Å². The van der Waals surface area contributed by atoms with Gasteiger partial charge in [0, 0.05) is 29.5 Å². The third-order valence-corrected chi connectivity index (χ3v) is 3.51. The number of carboxylic acids is 1. The molecule has 1 aromatic heterocycles. The van der Waals surface area contributed by atoms with Gasteiger partial charge in [0.05, 0.1) is 12.0 Å². The van der Waals surface area contributed by atoms with Gasteiger partial charge in [-0.05, 0) is 32.9 Å². The van der Waals surface area contributed by atoms with E-state index in [0.29, 0.717) is 6.61 Å². The number of thiophene rings is 1. The van der Waals surface area contributed by atoms with E-state index < -0.39 is 5.97 Å². The fourth-order valence-electron chi connectivity index (χ4n) is 1.69. The maximum absolute atomic E-state index is 10.6. The second-order valence-electron chi connectivity index (χ2n) is 4.73. The summed E-state index contributed by atoms with van der Waals surface area (Å²) in [5.41, 5.74) is -0.171. The Labute approximate surface area is 112 Å². The minimum atomic E-state index is -0.783. The first-order valence-corrected chi connectivity index (χ1v) is 6.88. The van der Waals surface area contributed by atoms with Gasteiger partial charge in [-0.25, -0.2) is 0 Å². The Hall–Kier alpha value is -0.910. The molecule has 0 fully saturated rings. The number of aliphatic carboxylic acids is 1. The van der Waals surface area contributed by atoms with Gasteiger partial charge in [-0.1, -0.05) is 0 Å². The van der Waals surface area contributed by atoms with Crippen LogP contribution in [0.2, 0.25) is 0 Å². The van der Waals surface area contributed by atoms with E-state index in [1.807, 2.05) is 32.9 Å². The summed E-state index contributed by atoms with van der Waals surface area (Å²) >= 11 is 1.54. The molecule has 2 N–H and O–H groups in total. The number of rotatable bonds is 8. The van der Waals surface area contributed by atoms with Gasteiger partial charge in [0.25, 0.3) is 0 Å². The average molecular weight is 271 g/mol. The van der Waals surface area contributed by atoms with Crippen LogP contribution in [0.4, 0.5) is 0 Å². The number of hydrogen-bond acceptors (Lipinski definition) is 4. The molecule has 0 amide bonds. The lowest BCUT2D eigenvalue weighted by Gasteiger charge is -2.24. The summed E-state index contributed by atoms with van der Waals surface area (Å²) in [4.78, 5) is 12.6. The first-order valence-electron chi connectivity index (χ1n) is 6.07. The molecular weight excluding hydrogens is 250 g/mol. The molecule has 0 atom stereocenters. The van der Waals surface area contributed by atoms with Crippen LogP contribution in [0.1, 0.15) is 30.5 Å². The average Bonchev–Trinajstić information content (AvgIpc) is 2.64. The van der Waals surface area contributed by atoms with Gasteiger partial charge in [0.2, 0.25) is 0 Å². The van der Waals surface area contributed by atoms with Crippen LogP contribution in [0.5, 0.6) is 0 Å². The molecule has 1 aromatic rings. The molecule has 0 unspecified atom stereocenters. The van der Waals surface area contributed by atoms with Crippen molar-refractivity contribution in [2.24, 2.45) is 0 Å². The van der Waals surface area contributed by atoms with Crippen LogP contribution in [0.25, 0.3) is 0 Å². The molecule has 0 aromatic carbocycles. The third kappa shape index (κ3) is 5.62.